The summed E-state index contributed by atoms with van der Waals surface area (Å²) in [4.78, 5) is 6.00. The molecule has 2 aliphatic heterocycles. The van der Waals surface area contributed by atoms with Gasteiger partial charge in [-0.15, -0.1) is 0 Å². The normalized spacial score (nSPS) is 29.5. The zero-order valence-electron chi connectivity index (χ0n) is 11.3. The van der Waals surface area contributed by atoms with Gasteiger partial charge >= 0.3 is 6.18 Å². The minimum Gasteiger partial charge on any atom is -0.357 e. The fraction of sp³-hybridized carbons (Fsp3) is 0.643. The van der Waals surface area contributed by atoms with E-state index in [0.29, 0.717) is 23.9 Å². The van der Waals surface area contributed by atoms with Gasteiger partial charge in [0.15, 0.2) is 0 Å². The van der Waals surface area contributed by atoms with Crippen LogP contribution in [0, 0.1) is 0 Å². The number of rotatable bonds is 2. The first-order valence-electron chi connectivity index (χ1n) is 6.95. The Morgan fingerprint density at radius 2 is 1.85 bits per heavy atom. The fourth-order valence-corrected chi connectivity index (χ4v) is 3.29. The molecule has 2 unspecified atom stereocenters. The molecule has 2 aliphatic rings. The molecule has 3 rings (SSSR count). The number of aromatic nitrogens is 1. The summed E-state index contributed by atoms with van der Waals surface area (Å²) in [6.07, 6.45) is 1.08. The van der Waals surface area contributed by atoms with E-state index < -0.39 is 11.7 Å². The predicted molar refractivity (Wildman–Crippen MR) is 70.6 cm³/mol. The molecule has 20 heavy (non-hydrogen) atoms. The van der Waals surface area contributed by atoms with Crippen molar-refractivity contribution >= 4 is 5.82 Å². The Labute approximate surface area is 116 Å². The summed E-state index contributed by atoms with van der Waals surface area (Å²) in [5.74, 6) is 0.615. The van der Waals surface area contributed by atoms with Gasteiger partial charge in [0.25, 0.3) is 0 Å². The minimum absolute atomic E-state index is 0.359. The number of pyridine rings is 1. The fourth-order valence-electron chi connectivity index (χ4n) is 3.29. The zero-order chi connectivity index (χ0) is 14.3. The number of piperidine rings is 1. The van der Waals surface area contributed by atoms with E-state index in [1.807, 2.05) is 11.9 Å². The highest BCUT2D eigenvalue weighted by Crippen LogP contribution is 2.32. The van der Waals surface area contributed by atoms with Crippen molar-refractivity contribution in [3.63, 3.8) is 0 Å². The number of hydrogen-bond acceptors (Lipinski definition) is 3. The van der Waals surface area contributed by atoms with Crippen LogP contribution in [-0.4, -0.2) is 30.2 Å². The zero-order valence-corrected chi connectivity index (χ0v) is 11.3. The third-order valence-electron chi connectivity index (χ3n) is 4.43. The second kappa shape index (κ2) is 4.91. The molecule has 0 aliphatic carbocycles. The molecular formula is C14H18F3N3. The van der Waals surface area contributed by atoms with Gasteiger partial charge in [0.2, 0.25) is 0 Å². The molecule has 0 spiro atoms. The molecule has 0 amide bonds. The molecule has 2 fully saturated rings. The van der Waals surface area contributed by atoms with E-state index in [-0.39, 0.29) is 0 Å². The summed E-state index contributed by atoms with van der Waals surface area (Å²) >= 11 is 0. The van der Waals surface area contributed by atoms with Gasteiger partial charge in [-0.25, -0.2) is 4.98 Å². The molecule has 2 bridgehead atoms. The van der Waals surface area contributed by atoms with Gasteiger partial charge in [0.1, 0.15) is 5.82 Å². The molecule has 6 heteroatoms. The van der Waals surface area contributed by atoms with E-state index in [0.717, 1.165) is 25.1 Å². The van der Waals surface area contributed by atoms with Gasteiger partial charge in [-0.1, -0.05) is 0 Å². The molecule has 1 N–H and O–H groups in total. The van der Waals surface area contributed by atoms with Crippen molar-refractivity contribution < 1.29 is 13.2 Å². The van der Waals surface area contributed by atoms with Crippen LogP contribution >= 0.6 is 0 Å². The van der Waals surface area contributed by atoms with Crippen LogP contribution in [0.3, 0.4) is 0 Å². The summed E-state index contributed by atoms with van der Waals surface area (Å²) < 4.78 is 37.6. The third kappa shape index (κ3) is 2.61. The van der Waals surface area contributed by atoms with Gasteiger partial charge in [-0.05, 0) is 37.8 Å². The van der Waals surface area contributed by atoms with E-state index in [2.05, 4.69) is 10.3 Å². The highest BCUT2D eigenvalue weighted by atomic mass is 19.4. The lowest BCUT2D eigenvalue weighted by Crippen LogP contribution is -2.47. The molecule has 2 atom stereocenters. The number of alkyl halides is 3. The topological polar surface area (TPSA) is 28.2 Å². The number of halogens is 3. The SMILES string of the molecule is CN(c1ccc(C(F)(F)F)cn1)C1CC2CCC(C1)N2. The lowest BCUT2D eigenvalue weighted by atomic mass is 9.98. The van der Waals surface area contributed by atoms with Crippen LogP contribution in [0.1, 0.15) is 31.2 Å². The standard InChI is InChI=1S/C14H18F3N3/c1-20(12-6-10-3-4-11(7-12)19-10)13-5-2-9(8-18-13)14(15,16)17/h2,5,8,10-12,19H,3-4,6-7H2,1H3. The van der Waals surface area contributed by atoms with Crippen molar-refractivity contribution in [2.24, 2.45) is 0 Å². The van der Waals surface area contributed by atoms with Crippen molar-refractivity contribution in [3.8, 4) is 0 Å². The van der Waals surface area contributed by atoms with Crippen LogP contribution in [0.25, 0.3) is 0 Å². The molecule has 0 aromatic carbocycles. The Morgan fingerprint density at radius 1 is 1.20 bits per heavy atom. The second-order valence-electron chi connectivity index (χ2n) is 5.78. The molecule has 1 aromatic rings. The smallest absolute Gasteiger partial charge is 0.357 e. The Morgan fingerprint density at radius 3 is 2.35 bits per heavy atom. The van der Waals surface area contributed by atoms with Crippen molar-refractivity contribution in [2.75, 3.05) is 11.9 Å². The Kier molecular flexibility index (Phi) is 3.36. The van der Waals surface area contributed by atoms with E-state index >= 15 is 0 Å². The first-order valence-corrected chi connectivity index (χ1v) is 6.95. The number of nitrogens with one attached hydrogen (secondary N) is 1. The average molecular weight is 285 g/mol. The van der Waals surface area contributed by atoms with E-state index in [1.54, 1.807) is 0 Å². The van der Waals surface area contributed by atoms with Crippen LogP contribution in [0.5, 0.6) is 0 Å². The first kappa shape index (κ1) is 13.7. The lowest BCUT2D eigenvalue weighted by Gasteiger charge is -2.36. The van der Waals surface area contributed by atoms with Gasteiger partial charge in [0.05, 0.1) is 5.56 Å². The largest absolute Gasteiger partial charge is 0.417 e. The maximum absolute atomic E-state index is 12.5. The second-order valence-corrected chi connectivity index (χ2v) is 5.78. The monoisotopic (exact) mass is 285 g/mol. The highest BCUT2D eigenvalue weighted by Gasteiger charge is 2.36. The van der Waals surface area contributed by atoms with Crippen molar-refractivity contribution in [1.82, 2.24) is 10.3 Å². The number of nitrogens with zero attached hydrogens (tertiary/aromatic N) is 2. The van der Waals surface area contributed by atoms with Crippen molar-refractivity contribution in [3.05, 3.63) is 23.9 Å². The molecule has 1 aromatic heterocycles. The molecular weight excluding hydrogens is 267 g/mol. The molecule has 0 saturated carbocycles. The van der Waals surface area contributed by atoms with Crippen LogP contribution in [-0.2, 0) is 6.18 Å². The van der Waals surface area contributed by atoms with E-state index in [9.17, 15) is 13.2 Å². The maximum atomic E-state index is 12.5. The van der Waals surface area contributed by atoms with E-state index in [1.165, 1.54) is 18.9 Å². The van der Waals surface area contributed by atoms with Crippen LogP contribution in [0.2, 0.25) is 0 Å². The Balaban J connectivity index is 1.72. The lowest BCUT2D eigenvalue weighted by molar-refractivity contribution is -0.137. The predicted octanol–water partition coefficient (Wildman–Crippen LogP) is 2.82. The molecule has 0 radical (unpaired) electrons. The van der Waals surface area contributed by atoms with Gasteiger partial charge < -0.3 is 10.2 Å². The summed E-state index contributed by atoms with van der Waals surface area (Å²) in [5, 5.41) is 3.56. The number of anilines is 1. The van der Waals surface area contributed by atoms with Crippen molar-refractivity contribution in [1.29, 1.82) is 0 Å². The molecule has 3 nitrogen and oxygen atoms in total. The Hall–Kier alpha value is -1.30. The van der Waals surface area contributed by atoms with Crippen LogP contribution < -0.4 is 10.2 Å². The minimum atomic E-state index is -4.32. The Bertz CT molecular complexity index is 460. The number of fused-ring (bicyclic) bond motifs is 2. The van der Waals surface area contributed by atoms with Crippen LogP contribution in [0.4, 0.5) is 19.0 Å². The van der Waals surface area contributed by atoms with Crippen molar-refractivity contribution in [2.45, 2.75) is 50.0 Å². The van der Waals surface area contributed by atoms with Gasteiger partial charge in [-0.3, -0.25) is 0 Å². The molecule has 3 heterocycles. The first-order chi connectivity index (χ1) is 9.43. The van der Waals surface area contributed by atoms with Gasteiger partial charge in [-0.2, -0.15) is 13.2 Å². The summed E-state index contributed by atoms with van der Waals surface area (Å²) in [5.41, 5.74) is -0.694. The van der Waals surface area contributed by atoms with E-state index in [4.69, 9.17) is 0 Å². The molecule has 110 valence electrons. The third-order valence-corrected chi connectivity index (χ3v) is 4.43. The average Bonchev–Trinajstić information content (AvgIpc) is 2.76. The van der Waals surface area contributed by atoms with Gasteiger partial charge in [0, 0.05) is 31.4 Å². The highest BCUT2D eigenvalue weighted by molar-refractivity contribution is 5.40. The number of hydrogen-bond donors (Lipinski definition) is 1. The summed E-state index contributed by atoms with van der Waals surface area (Å²) in [6, 6.07) is 4.03. The quantitative estimate of drug-likeness (QED) is 0.905. The molecule has 2 saturated heterocycles. The summed E-state index contributed by atoms with van der Waals surface area (Å²) in [7, 11) is 1.92. The van der Waals surface area contributed by atoms with Crippen LogP contribution in [0.15, 0.2) is 18.3 Å². The summed E-state index contributed by atoms with van der Waals surface area (Å²) in [6.45, 7) is 0. The maximum Gasteiger partial charge on any atom is 0.417 e.